The molecule has 0 bridgehead atoms. The lowest BCUT2D eigenvalue weighted by molar-refractivity contribution is 0.171. The summed E-state index contributed by atoms with van der Waals surface area (Å²) in [6.45, 7) is 5.37. The number of likely N-dealkylation sites (N-methyl/N-ethyl adjacent to an activating group) is 1. The highest BCUT2D eigenvalue weighted by Crippen LogP contribution is 2.34. The number of rotatable bonds is 3. The molecule has 1 heterocycles. The van der Waals surface area contributed by atoms with Crippen LogP contribution in [0.25, 0.3) is 0 Å². The van der Waals surface area contributed by atoms with E-state index in [4.69, 9.17) is 15.2 Å². The molecule has 4 heteroatoms. The molecule has 0 amide bonds. The summed E-state index contributed by atoms with van der Waals surface area (Å²) in [4.78, 5) is 0. The lowest BCUT2D eigenvalue weighted by atomic mass is 9.89. The SMILES string of the molecule is CNC(C)(C)C(N)c1ccc2c(c1)OCCO2. The summed E-state index contributed by atoms with van der Waals surface area (Å²) in [5.74, 6) is 1.59. The maximum atomic E-state index is 6.26. The van der Waals surface area contributed by atoms with Gasteiger partial charge in [-0.1, -0.05) is 6.07 Å². The minimum atomic E-state index is -0.163. The summed E-state index contributed by atoms with van der Waals surface area (Å²) in [5.41, 5.74) is 7.14. The van der Waals surface area contributed by atoms with Crippen LogP contribution in [0.5, 0.6) is 11.5 Å². The Morgan fingerprint density at radius 3 is 2.53 bits per heavy atom. The molecule has 0 saturated heterocycles. The zero-order chi connectivity index (χ0) is 12.5. The van der Waals surface area contributed by atoms with Gasteiger partial charge in [0.05, 0.1) is 0 Å². The minimum Gasteiger partial charge on any atom is -0.486 e. The molecule has 4 nitrogen and oxygen atoms in total. The Labute approximate surface area is 102 Å². The molecule has 3 N–H and O–H groups in total. The van der Waals surface area contributed by atoms with Crippen LogP contribution in [0.3, 0.4) is 0 Å². The number of hydrogen-bond donors (Lipinski definition) is 2. The first-order valence-electron chi connectivity index (χ1n) is 5.88. The highest BCUT2D eigenvalue weighted by Gasteiger charge is 2.26. The van der Waals surface area contributed by atoms with Crippen molar-refractivity contribution in [1.82, 2.24) is 5.32 Å². The van der Waals surface area contributed by atoms with Gasteiger partial charge in [0.25, 0.3) is 0 Å². The topological polar surface area (TPSA) is 56.5 Å². The quantitative estimate of drug-likeness (QED) is 0.834. The van der Waals surface area contributed by atoms with Crippen LogP contribution in [0.15, 0.2) is 18.2 Å². The Kier molecular flexibility index (Phi) is 3.26. The summed E-state index contributed by atoms with van der Waals surface area (Å²) in [7, 11) is 1.91. The van der Waals surface area contributed by atoms with Gasteiger partial charge in [0.1, 0.15) is 13.2 Å². The number of ether oxygens (including phenoxy) is 2. The summed E-state index contributed by atoms with van der Waals surface area (Å²) < 4.78 is 11.0. The summed E-state index contributed by atoms with van der Waals surface area (Å²) in [6.07, 6.45) is 0. The normalized spacial score (nSPS) is 16.7. The van der Waals surface area contributed by atoms with Crippen molar-refractivity contribution >= 4 is 0 Å². The second-order valence-electron chi connectivity index (χ2n) is 4.85. The number of nitrogens with two attached hydrogens (primary N) is 1. The van der Waals surface area contributed by atoms with E-state index in [1.54, 1.807) is 0 Å². The van der Waals surface area contributed by atoms with E-state index in [2.05, 4.69) is 19.2 Å². The molecule has 0 radical (unpaired) electrons. The third kappa shape index (κ3) is 2.37. The van der Waals surface area contributed by atoms with E-state index in [1.807, 2.05) is 25.2 Å². The first-order valence-corrected chi connectivity index (χ1v) is 5.88. The lowest BCUT2D eigenvalue weighted by Gasteiger charge is -2.32. The van der Waals surface area contributed by atoms with Crippen LogP contribution in [0.2, 0.25) is 0 Å². The van der Waals surface area contributed by atoms with Gasteiger partial charge in [0.15, 0.2) is 11.5 Å². The third-order valence-corrected chi connectivity index (χ3v) is 3.35. The maximum absolute atomic E-state index is 6.26. The van der Waals surface area contributed by atoms with Crippen molar-refractivity contribution < 1.29 is 9.47 Å². The average Bonchev–Trinajstić information content (AvgIpc) is 2.37. The smallest absolute Gasteiger partial charge is 0.161 e. The van der Waals surface area contributed by atoms with Crippen molar-refractivity contribution in [2.75, 3.05) is 20.3 Å². The van der Waals surface area contributed by atoms with Crippen LogP contribution in [0.4, 0.5) is 0 Å². The van der Waals surface area contributed by atoms with E-state index >= 15 is 0 Å². The lowest BCUT2D eigenvalue weighted by Crippen LogP contribution is -2.46. The summed E-state index contributed by atoms with van der Waals surface area (Å²) in [5, 5.41) is 3.22. The van der Waals surface area contributed by atoms with Gasteiger partial charge < -0.3 is 20.5 Å². The van der Waals surface area contributed by atoms with E-state index in [1.165, 1.54) is 0 Å². The van der Waals surface area contributed by atoms with Crippen LogP contribution >= 0.6 is 0 Å². The largest absolute Gasteiger partial charge is 0.486 e. The molecule has 0 aliphatic carbocycles. The number of benzene rings is 1. The highest BCUT2D eigenvalue weighted by molar-refractivity contribution is 5.45. The standard InChI is InChI=1S/C13H20N2O2/c1-13(2,15-3)12(14)9-4-5-10-11(8-9)17-7-6-16-10/h4-5,8,12,15H,6-7,14H2,1-3H3. The van der Waals surface area contributed by atoms with E-state index < -0.39 is 0 Å². The molecule has 1 aliphatic heterocycles. The van der Waals surface area contributed by atoms with Crippen molar-refractivity contribution in [2.45, 2.75) is 25.4 Å². The van der Waals surface area contributed by atoms with Gasteiger partial charge in [-0.25, -0.2) is 0 Å². The molecule has 2 rings (SSSR count). The van der Waals surface area contributed by atoms with Gasteiger partial charge in [0, 0.05) is 11.6 Å². The minimum absolute atomic E-state index is 0.0941. The number of fused-ring (bicyclic) bond motifs is 1. The molecule has 17 heavy (non-hydrogen) atoms. The fourth-order valence-electron chi connectivity index (χ4n) is 1.83. The second-order valence-corrected chi connectivity index (χ2v) is 4.85. The molecule has 1 aromatic carbocycles. The van der Waals surface area contributed by atoms with Crippen LogP contribution < -0.4 is 20.5 Å². The maximum Gasteiger partial charge on any atom is 0.161 e. The molecule has 94 valence electrons. The highest BCUT2D eigenvalue weighted by atomic mass is 16.6. The predicted molar refractivity (Wildman–Crippen MR) is 67.5 cm³/mol. The Hall–Kier alpha value is -1.26. The molecule has 0 saturated carbocycles. The van der Waals surface area contributed by atoms with Crippen LogP contribution in [-0.4, -0.2) is 25.8 Å². The third-order valence-electron chi connectivity index (χ3n) is 3.35. The van der Waals surface area contributed by atoms with Crippen molar-refractivity contribution in [1.29, 1.82) is 0 Å². The first kappa shape index (κ1) is 12.2. The van der Waals surface area contributed by atoms with Gasteiger partial charge in [-0.2, -0.15) is 0 Å². The Bertz CT molecular complexity index is 404. The zero-order valence-corrected chi connectivity index (χ0v) is 10.6. The van der Waals surface area contributed by atoms with E-state index in [9.17, 15) is 0 Å². The second kappa shape index (κ2) is 4.55. The van der Waals surface area contributed by atoms with Gasteiger partial charge in [-0.05, 0) is 38.6 Å². The van der Waals surface area contributed by atoms with E-state index in [0.29, 0.717) is 13.2 Å². The monoisotopic (exact) mass is 236 g/mol. The van der Waals surface area contributed by atoms with Crippen LogP contribution in [0, 0.1) is 0 Å². The molecular weight excluding hydrogens is 216 g/mol. The molecule has 0 aromatic heterocycles. The van der Waals surface area contributed by atoms with Gasteiger partial charge in [0.2, 0.25) is 0 Å². The van der Waals surface area contributed by atoms with E-state index in [-0.39, 0.29) is 11.6 Å². The fraction of sp³-hybridized carbons (Fsp3) is 0.538. The van der Waals surface area contributed by atoms with Crippen molar-refractivity contribution in [2.24, 2.45) is 5.73 Å². The van der Waals surface area contributed by atoms with E-state index in [0.717, 1.165) is 17.1 Å². The van der Waals surface area contributed by atoms with Crippen LogP contribution in [-0.2, 0) is 0 Å². The molecule has 1 unspecified atom stereocenters. The molecule has 1 aromatic rings. The molecule has 0 fully saturated rings. The predicted octanol–water partition coefficient (Wildman–Crippen LogP) is 1.46. The van der Waals surface area contributed by atoms with Gasteiger partial charge >= 0.3 is 0 Å². The van der Waals surface area contributed by atoms with Crippen molar-refractivity contribution in [3.05, 3.63) is 23.8 Å². The summed E-state index contributed by atoms with van der Waals surface area (Å²) in [6, 6.07) is 5.80. The Morgan fingerprint density at radius 1 is 1.24 bits per heavy atom. The van der Waals surface area contributed by atoms with Crippen LogP contribution in [0.1, 0.15) is 25.5 Å². The molecule has 1 aliphatic rings. The molecule has 1 atom stereocenters. The summed E-state index contributed by atoms with van der Waals surface area (Å²) >= 11 is 0. The number of hydrogen-bond acceptors (Lipinski definition) is 4. The zero-order valence-electron chi connectivity index (χ0n) is 10.6. The Balaban J connectivity index is 2.28. The fourth-order valence-corrected chi connectivity index (χ4v) is 1.83. The van der Waals surface area contributed by atoms with Crippen molar-refractivity contribution in [3.63, 3.8) is 0 Å². The van der Waals surface area contributed by atoms with Crippen molar-refractivity contribution in [3.8, 4) is 11.5 Å². The van der Waals surface area contributed by atoms with Gasteiger partial charge in [-0.15, -0.1) is 0 Å². The first-order chi connectivity index (χ1) is 8.04. The van der Waals surface area contributed by atoms with Gasteiger partial charge in [-0.3, -0.25) is 0 Å². The molecular formula is C13H20N2O2. The number of nitrogens with one attached hydrogen (secondary N) is 1. The Morgan fingerprint density at radius 2 is 1.88 bits per heavy atom. The average molecular weight is 236 g/mol. The molecule has 0 spiro atoms.